The predicted molar refractivity (Wildman–Crippen MR) is 78.8 cm³/mol. The molecule has 1 atom stereocenters. The fraction of sp³-hybridized carbons (Fsp3) is 0.400. The molecular formula is C15H16BrF2NO. The van der Waals surface area contributed by atoms with Gasteiger partial charge >= 0.3 is 0 Å². The number of amides is 1. The van der Waals surface area contributed by atoms with Gasteiger partial charge in [-0.2, -0.15) is 0 Å². The van der Waals surface area contributed by atoms with Crippen LogP contribution in [0.4, 0.5) is 8.78 Å². The first-order chi connectivity index (χ1) is 9.54. The van der Waals surface area contributed by atoms with Crippen LogP contribution >= 0.6 is 15.9 Å². The Labute approximate surface area is 125 Å². The van der Waals surface area contributed by atoms with Crippen molar-refractivity contribution in [3.8, 4) is 0 Å². The zero-order valence-electron chi connectivity index (χ0n) is 11.2. The zero-order chi connectivity index (χ0) is 14.7. The molecule has 0 aromatic heterocycles. The maximum atomic E-state index is 12.8. The molecule has 0 bridgehead atoms. The number of alkyl halides is 3. The first-order valence-electron chi connectivity index (χ1n) is 6.56. The van der Waals surface area contributed by atoms with Crippen LogP contribution < -0.4 is 0 Å². The molecule has 0 spiro atoms. The third-order valence-corrected chi connectivity index (χ3v) is 4.10. The monoisotopic (exact) mass is 343 g/mol. The van der Waals surface area contributed by atoms with Gasteiger partial charge in [0.1, 0.15) is 0 Å². The van der Waals surface area contributed by atoms with Crippen molar-refractivity contribution >= 4 is 27.5 Å². The molecule has 20 heavy (non-hydrogen) atoms. The predicted octanol–water partition coefficient (Wildman–Crippen LogP) is 3.85. The molecule has 2 nitrogen and oxygen atoms in total. The van der Waals surface area contributed by atoms with E-state index in [-0.39, 0.29) is 5.91 Å². The van der Waals surface area contributed by atoms with Crippen LogP contribution in [0.1, 0.15) is 24.5 Å². The highest BCUT2D eigenvalue weighted by Crippen LogP contribution is 2.31. The lowest BCUT2D eigenvalue weighted by Gasteiger charge is -2.32. The van der Waals surface area contributed by atoms with Crippen LogP contribution in [0.5, 0.6) is 0 Å². The quantitative estimate of drug-likeness (QED) is 0.760. The lowest BCUT2D eigenvalue weighted by atomic mass is 9.98. The van der Waals surface area contributed by atoms with Crippen molar-refractivity contribution < 1.29 is 13.6 Å². The van der Waals surface area contributed by atoms with E-state index in [0.717, 1.165) is 17.5 Å². The molecule has 0 saturated heterocycles. The number of halogens is 3. The minimum Gasteiger partial charge on any atom is -0.305 e. The summed E-state index contributed by atoms with van der Waals surface area (Å²) in [5.74, 6) is -0.297. The van der Waals surface area contributed by atoms with Crippen molar-refractivity contribution in [2.24, 2.45) is 0 Å². The molecule has 1 heterocycles. The van der Waals surface area contributed by atoms with Crippen molar-refractivity contribution in [3.63, 3.8) is 0 Å². The van der Waals surface area contributed by atoms with Crippen LogP contribution in [-0.2, 0) is 11.2 Å². The van der Waals surface area contributed by atoms with Gasteiger partial charge in [-0.25, -0.2) is 8.78 Å². The molecule has 0 saturated carbocycles. The summed E-state index contributed by atoms with van der Waals surface area (Å²) in [4.78, 5) is 12.9. The first-order valence-corrected chi connectivity index (χ1v) is 7.48. The normalized spacial score (nSPS) is 19.4. The van der Waals surface area contributed by atoms with Gasteiger partial charge in [0.2, 0.25) is 5.91 Å². The number of carbonyl (C=O) groups is 1. The van der Waals surface area contributed by atoms with E-state index in [1.54, 1.807) is 0 Å². The summed E-state index contributed by atoms with van der Waals surface area (Å²) in [6.07, 6.45) is 0.625. The fourth-order valence-corrected chi connectivity index (χ4v) is 2.81. The second kappa shape index (κ2) is 6.48. The fourth-order valence-electron chi connectivity index (χ4n) is 2.37. The molecule has 1 aromatic rings. The maximum absolute atomic E-state index is 12.8. The number of hydrogen-bond donors (Lipinski definition) is 0. The number of hydrogen-bond acceptors (Lipinski definition) is 1. The Balaban J connectivity index is 2.43. The first kappa shape index (κ1) is 15.2. The number of rotatable bonds is 4. The highest BCUT2D eigenvalue weighted by atomic mass is 79.9. The number of benzene rings is 1. The number of carbonyl (C=O) groups excluding carboxylic acids is 1. The molecular weight excluding hydrogens is 328 g/mol. The van der Waals surface area contributed by atoms with Gasteiger partial charge in [0.25, 0.3) is 6.43 Å². The SMILES string of the molecule is CCc1ccccc1C1=CCC(Br)C(=O)N1CC(F)F. The van der Waals surface area contributed by atoms with Crippen LogP contribution in [0.3, 0.4) is 0 Å². The molecule has 0 fully saturated rings. The Morgan fingerprint density at radius 1 is 1.40 bits per heavy atom. The van der Waals surface area contributed by atoms with Gasteiger partial charge in [0, 0.05) is 11.3 Å². The molecule has 0 N–H and O–H groups in total. The molecule has 108 valence electrons. The van der Waals surface area contributed by atoms with Gasteiger partial charge in [-0.1, -0.05) is 53.2 Å². The highest BCUT2D eigenvalue weighted by molar-refractivity contribution is 9.10. The average molecular weight is 344 g/mol. The Bertz CT molecular complexity index is 530. The van der Waals surface area contributed by atoms with E-state index in [9.17, 15) is 13.6 Å². The molecule has 1 unspecified atom stereocenters. The largest absolute Gasteiger partial charge is 0.305 e. The van der Waals surface area contributed by atoms with Crippen LogP contribution in [0, 0.1) is 0 Å². The van der Waals surface area contributed by atoms with E-state index in [1.807, 2.05) is 37.3 Å². The van der Waals surface area contributed by atoms with Gasteiger partial charge in [-0.3, -0.25) is 4.79 Å². The van der Waals surface area contributed by atoms with Gasteiger partial charge in [0.05, 0.1) is 11.4 Å². The van der Waals surface area contributed by atoms with Gasteiger partial charge in [-0.05, 0) is 18.4 Å². The number of aryl methyl sites for hydroxylation is 1. The third-order valence-electron chi connectivity index (χ3n) is 3.34. The van der Waals surface area contributed by atoms with Gasteiger partial charge in [-0.15, -0.1) is 0 Å². The Hall–Kier alpha value is -1.23. The summed E-state index contributed by atoms with van der Waals surface area (Å²) in [5.41, 5.74) is 2.52. The van der Waals surface area contributed by atoms with E-state index in [4.69, 9.17) is 0 Å². The highest BCUT2D eigenvalue weighted by Gasteiger charge is 2.31. The lowest BCUT2D eigenvalue weighted by molar-refractivity contribution is -0.129. The van der Waals surface area contributed by atoms with E-state index in [1.165, 1.54) is 4.90 Å². The molecule has 0 aliphatic carbocycles. The molecule has 5 heteroatoms. The van der Waals surface area contributed by atoms with Crippen LogP contribution in [0.25, 0.3) is 5.70 Å². The molecule has 0 radical (unpaired) electrons. The molecule has 1 aliphatic heterocycles. The molecule has 2 rings (SSSR count). The van der Waals surface area contributed by atoms with Crippen molar-refractivity contribution in [2.75, 3.05) is 6.54 Å². The van der Waals surface area contributed by atoms with E-state index in [2.05, 4.69) is 15.9 Å². The lowest BCUT2D eigenvalue weighted by Crippen LogP contribution is -2.41. The number of allylic oxidation sites excluding steroid dienone is 1. The van der Waals surface area contributed by atoms with Crippen LogP contribution in [0.2, 0.25) is 0 Å². The van der Waals surface area contributed by atoms with Gasteiger partial charge < -0.3 is 4.90 Å². The third kappa shape index (κ3) is 3.08. The molecule has 1 amide bonds. The zero-order valence-corrected chi connectivity index (χ0v) is 12.7. The number of nitrogens with zero attached hydrogens (tertiary/aromatic N) is 1. The second-order valence-electron chi connectivity index (χ2n) is 4.64. The molecule has 1 aromatic carbocycles. The summed E-state index contributed by atoms with van der Waals surface area (Å²) >= 11 is 3.24. The van der Waals surface area contributed by atoms with Gasteiger partial charge in [0.15, 0.2) is 0 Å². The smallest absolute Gasteiger partial charge is 0.256 e. The second-order valence-corrected chi connectivity index (χ2v) is 5.75. The topological polar surface area (TPSA) is 20.3 Å². The maximum Gasteiger partial charge on any atom is 0.256 e. The Kier molecular flexibility index (Phi) is 4.91. The van der Waals surface area contributed by atoms with Crippen molar-refractivity contribution in [1.29, 1.82) is 0 Å². The Morgan fingerprint density at radius 2 is 2.10 bits per heavy atom. The van der Waals surface area contributed by atoms with Crippen molar-refractivity contribution in [1.82, 2.24) is 4.90 Å². The van der Waals surface area contributed by atoms with E-state index < -0.39 is 17.8 Å². The Morgan fingerprint density at radius 3 is 2.75 bits per heavy atom. The summed E-state index contributed by atoms with van der Waals surface area (Å²) in [7, 11) is 0. The summed E-state index contributed by atoms with van der Waals surface area (Å²) in [5, 5.41) is 0. The average Bonchev–Trinajstić information content (AvgIpc) is 2.44. The summed E-state index contributed by atoms with van der Waals surface area (Å²) in [6, 6.07) is 7.62. The van der Waals surface area contributed by atoms with Crippen LogP contribution in [0.15, 0.2) is 30.3 Å². The summed E-state index contributed by atoms with van der Waals surface area (Å²) < 4.78 is 25.5. The summed E-state index contributed by atoms with van der Waals surface area (Å²) in [6.45, 7) is 1.44. The minimum absolute atomic E-state index is 0.297. The standard InChI is InChI=1S/C15H16BrF2NO/c1-2-10-5-3-4-6-11(10)13-8-7-12(16)15(20)19(13)9-14(17)18/h3-6,8,12,14H,2,7,9H2,1H3. The van der Waals surface area contributed by atoms with Crippen molar-refractivity contribution in [3.05, 3.63) is 41.5 Å². The van der Waals surface area contributed by atoms with E-state index in [0.29, 0.717) is 12.1 Å². The molecule has 1 aliphatic rings. The van der Waals surface area contributed by atoms with E-state index >= 15 is 0 Å². The van der Waals surface area contributed by atoms with Crippen LogP contribution in [-0.4, -0.2) is 28.6 Å². The van der Waals surface area contributed by atoms with Crippen molar-refractivity contribution in [2.45, 2.75) is 31.0 Å². The minimum atomic E-state index is -2.55.